The number of carboxylic acids is 1. The van der Waals surface area contributed by atoms with Crippen LogP contribution >= 0.6 is 0 Å². The lowest BCUT2D eigenvalue weighted by atomic mass is 9.89. The molecule has 114 valence electrons. The van der Waals surface area contributed by atoms with Crippen molar-refractivity contribution in [2.45, 2.75) is 18.9 Å². The summed E-state index contributed by atoms with van der Waals surface area (Å²) in [5.41, 5.74) is 7.67. The minimum Gasteiger partial charge on any atom is -0.481 e. The highest BCUT2D eigenvalue weighted by Gasteiger charge is 2.30. The van der Waals surface area contributed by atoms with Crippen molar-refractivity contribution in [3.63, 3.8) is 0 Å². The van der Waals surface area contributed by atoms with Gasteiger partial charge in [-0.2, -0.15) is 0 Å². The lowest BCUT2D eigenvalue weighted by Gasteiger charge is -2.17. The summed E-state index contributed by atoms with van der Waals surface area (Å²) in [5, 5.41) is 9.34. The van der Waals surface area contributed by atoms with E-state index in [2.05, 4.69) is 0 Å². The van der Waals surface area contributed by atoms with E-state index < -0.39 is 23.7 Å². The third-order valence-electron chi connectivity index (χ3n) is 3.59. The summed E-state index contributed by atoms with van der Waals surface area (Å²) in [6, 6.07) is 17.7. The number of Topliss-reactive ketones (excluding diaryl/α,β-unsaturated/α-hetero) is 1. The summed E-state index contributed by atoms with van der Waals surface area (Å²) in [4.78, 5) is 23.8. The molecule has 2 aromatic rings. The molecule has 0 aliphatic carbocycles. The maximum Gasteiger partial charge on any atom is 0.314 e. The van der Waals surface area contributed by atoms with E-state index >= 15 is 0 Å². The molecule has 0 bridgehead atoms. The van der Waals surface area contributed by atoms with E-state index in [0.29, 0.717) is 6.42 Å². The molecule has 2 rings (SSSR count). The Morgan fingerprint density at radius 3 is 1.77 bits per heavy atom. The summed E-state index contributed by atoms with van der Waals surface area (Å²) in [6.45, 7) is 0. The number of nitrogens with two attached hydrogens (primary N) is 1. The predicted octanol–water partition coefficient (Wildman–Crippen LogP) is 2.07. The van der Waals surface area contributed by atoms with Crippen molar-refractivity contribution in [2.75, 3.05) is 0 Å². The van der Waals surface area contributed by atoms with Crippen molar-refractivity contribution >= 4 is 11.8 Å². The molecule has 0 saturated carbocycles. The van der Waals surface area contributed by atoms with Crippen molar-refractivity contribution in [3.8, 4) is 0 Å². The lowest BCUT2D eigenvalue weighted by molar-refractivity contribution is -0.146. The number of benzene rings is 2. The topological polar surface area (TPSA) is 80.4 Å². The summed E-state index contributed by atoms with van der Waals surface area (Å²) in [7, 11) is 0. The van der Waals surface area contributed by atoms with Gasteiger partial charge in [-0.25, -0.2) is 0 Å². The molecule has 2 aromatic carbocycles. The van der Waals surface area contributed by atoms with Crippen LogP contribution in [0.2, 0.25) is 0 Å². The van der Waals surface area contributed by atoms with Crippen molar-refractivity contribution in [1.29, 1.82) is 0 Å². The normalized spacial score (nSPS) is 13.3. The van der Waals surface area contributed by atoms with Gasteiger partial charge in [0.25, 0.3) is 0 Å². The van der Waals surface area contributed by atoms with Crippen LogP contribution in [0, 0.1) is 5.92 Å². The Labute approximate surface area is 129 Å². The van der Waals surface area contributed by atoms with E-state index in [1.54, 1.807) is 0 Å². The Kier molecular flexibility index (Phi) is 5.44. The molecule has 0 spiro atoms. The maximum atomic E-state index is 12.4. The Balaban J connectivity index is 2.07. The molecule has 3 N–H and O–H groups in total. The quantitative estimate of drug-likeness (QED) is 0.767. The Bertz CT molecular complexity index is 625. The molecule has 0 aliphatic heterocycles. The third-order valence-corrected chi connectivity index (χ3v) is 3.59. The standard InChI is InChI=1S/C18H19NO3/c19-16(12-14-9-5-2-6-10-14)17(20)15(18(21)22)11-13-7-3-1-4-8-13/h1-10,15-16H,11-12,19H2,(H,21,22). The van der Waals surface area contributed by atoms with Crippen molar-refractivity contribution in [2.24, 2.45) is 11.7 Å². The average Bonchev–Trinajstić information content (AvgIpc) is 2.53. The number of carbonyl (C=O) groups is 2. The van der Waals surface area contributed by atoms with Crippen molar-refractivity contribution in [1.82, 2.24) is 0 Å². The second kappa shape index (κ2) is 7.52. The highest BCUT2D eigenvalue weighted by molar-refractivity contribution is 6.01. The van der Waals surface area contributed by atoms with E-state index in [1.165, 1.54) is 0 Å². The molecule has 0 saturated heterocycles. The average molecular weight is 297 g/mol. The zero-order valence-corrected chi connectivity index (χ0v) is 12.2. The molecule has 4 nitrogen and oxygen atoms in total. The number of hydrogen-bond acceptors (Lipinski definition) is 3. The number of carboxylic acid groups (broad SMARTS) is 1. The van der Waals surface area contributed by atoms with Crippen LogP contribution in [0.1, 0.15) is 11.1 Å². The van der Waals surface area contributed by atoms with Crippen LogP contribution in [0.5, 0.6) is 0 Å². The smallest absolute Gasteiger partial charge is 0.314 e. The molecule has 0 amide bonds. The Hall–Kier alpha value is -2.46. The van der Waals surface area contributed by atoms with E-state index in [9.17, 15) is 14.7 Å². The van der Waals surface area contributed by atoms with Gasteiger partial charge in [-0.1, -0.05) is 60.7 Å². The molecule has 0 heterocycles. The Morgan fingerprint density at radius 1 is 0.864 bits per heavy atom. The fourth-order valence-electron chi connectivity index (χ4n) is 2.39. The first-order valence-corrected chi connectivity index (χ1v) is 7.18. The SMILES string of the molecule is NC(Cc1ccccc1)C(=O)C(Cc1ccccc1)C(=O)O. The molecule has 22 heavy (non-hydrogen) atoms. The minimum atomic E-state index is -1.13. The molecular weight excluding hydrogens is 278 g/mol. The molecule has 2 unspecified atom stereocenters. The number of aliphatic carboxylic acids is 1. The van der Waals surface area contributed by atoms with Crippen LogP contribution in [0.3, 0.4) is 0 Å². The van der Waals surface area contributed by atoms with Gasteiger partial charge in [0.2, 0.25) is 0 Å². The maximum absolute atomic E-state index is 12.4. The molecular formula is C18H19NO3. The van der Waals surface area contributed by atoms with Crippen molar-refractivity contribution < 1.29 is 14.7 Å². The van der Waals surface area contributed by atoms with Crippen LogP contribution < -0.4 is 5.73 Å². The number of carbonyl (C=O) groups excluding carboxylic acids is 1. The van der Waals surface area contributed by atoms with Gasteiger partial charge in [0.05, 0.1) is 6.04 Å². The van der Waals surface area contributed by atoms with Crippen molar-refractivity contribution in [3.05, 3.63) is 71.8 Å². The summed E-state index contributed by atoms with van der Waals surface area (Å²) in [6.07, 6.45) is 0.510. The second-order valence-electron chi connectivity index (χ2n) is 5.28. The highest BCUT2D eigenvalue weighted by Crippen LogP contribution is 2.13. The zero-order chi connectivity index (χ0) is 15.9. The summed E-state index contributed by atoms with van der Waals surface area (Å²) >= 11 is 0. The summed E-state index contributed by atoms with van der Waals surface area (Å²) in [5.74, 6) is -2.67. The van der Waals surface area contributed by atoms with Gasteiger partial charge in [0, 0.05) is 0 Å². The van der Waals surface area contributed by atoms with Gasteiger partial charge in [-0.15, -0.1) is 0 Å². The van der Waals surface area contributed by atoms with Crippen LogP contribution in [0.15, 0.2) is 60.7 Å². The molecule has 2 atom stereocenters. The minimum absolute atomic E-state index is 0.164. The van der Waals surface area contributed by atoms with Gasteiger partial charge in [0.1, 0.15) is 5.92 Å². The van der Waals surface area contributed by atoms with E-state index in [-0.39, 0.29) is 6.42 Å². The number of hydrogen-bond donors (Lipinski definition) is 2. The van der Waals surface area contributed by atoms with Gasteiger partial charge in [-0.05, 0) is 24.0 Å². The first-order chi connectivity index (χ1) is 10.6. The zero-order valence-electron chi connectivity index (χ0n) is 12.2. The summed E-state index contributed by atoms with van der Waals surface area (Å²) < 4.78 is 0. The highest BCUT2D eigenvalue weighted by atomic mass is 16.4. The number of ketones is 1. The van der Waals surface area contributed by atoms with Gasteiger partial charge < -0.3 is 10.8 Å². The van der Waals surface area contributed by atoms with E-state index in [0.717, 1.165) is 11.1 Å². The fraction of sp³-hybridized carbons (Fsp3) is 0.222. The number of rotatable bonds is 7. The molecule has 0 fully saturated rings. The van der Waals surface area contributed by atoms with E-state index in [1.807, 2.05) is 60.7 Å². The van der Waals surface area contributed by atoms with Gasteiger partial charge >= 0.3 is 5.97 Å². The largest absolute Gasteiger partial charge is 0.481 e. The first-order valence-electron chi connectivity index (χ1n) is 7.18. The first kappa shape index (κ1) is 15.9. The molecule has 0 radical (unpaired) electrons. The van der Waals surface area contributed by atoms with E-state index in [4.69, 9.17) is 5.73 Å². The van der Waals surface area contributed by atoms with Crippen LogP contribution in [0.4, 0.5) is 0 Å². The molecule has 0 aromatic heterocycles. The Morgan fingerprint density at radius 2 is 1.32 bits per heavy atom. The van der Waals surface area contributed by atoms with Crippen LogP contribution in [0.25, 0.3) is 0 Å². The lowest BCUT2D eigenvalue weighted by Crippen LogP contribution is -2.41. The monoisotopic (exact) mass is 297 g/mol. The van der Waals surface area contributed by atoms with Crippen LogP contribution in [-0.4, -0.2) is 22.9 Å². The van der Waals surface area contributed by atoms with Crippen LogP contribution in [-0.2, 0) is 22.4 Å². The predicted molar refractivity (Wildman–Crippen MR) is 84.4 cm³/mol. The second-order valence-corrected chi connectivity index (χ2v) is 5.28. The van der Waals surface area contributed by atoms with Gasteiger partial charge in [0.15, 0.2) is 5.78 Å². The molecule has 4 heteroatoms. The van der Waals surface area contributed by atoms with Gasteiger partial charge in [-0.3, -0.25) is 9.59 Å². The fourth-order valence-corrected chi connectivity index (χ4v) is 2.39. The molecule has 0 aliphatic rings. The third kappa shape index (κ3) is 4.27.